The van der Waals surface area contributed by atoms with Crippen LogP contribution < -0.4 is 10.5 Å². The van der Waals surface area contributed by atoms with Crippen molar-refractivity contribution in [2.75, 3.05) is 5.73 Å². The van der Waals surface area contributed by atoms with Crippen molar-refractivity contribution in [3.05, 3.63) is 42.0 Å². The summed E-state index contributed by atoms with van der Waals surface area (Å²) < 4.78 is 6.13. The van der Waals surface area contributed by atoms with Crippen molar-refractivity contribution < 1.29 is 9.53 Å². The summed E-state index contributed by atoms with van der Waals surface area (Å²) in [7, 11) is 0. The molecule has 1 aliphatic rings. The van der Waals surface area contributed by atoms with Gasteiger partial charge < -0.3 is 10.5 Å². The summed E-state index contributed by atoms with van der Waals surface area (Å²) in [6.45, 7) is 0. The van der Waals surface area contributed by atoms with Gasteiger partial charge in [-0.3, -0.25) is 4.79 Å². The quantitative estimate of drug-likeness (QED) is 0.721. The molecule has 0 radical (unpaired) electrons. The Bertz CT molecular complexity index is 952. The number of pyridine rings is 1. The molecular formula is C20H20N4O2. The zero-order chi connectivity index (χ0) is 17.9. The fraction of sp³-hybridized carbons (Fsp3) is 0.300. The second-order valence-corrected chi connectivity index (χ2v) is 6.53. The van der Waals surface area contributed by atoms with E-state index in [0.29, 0.717) is 28.2 Å². The fourth-order valence-electron chi connectivity index (χ4n) is 3.41. The number of hydrogen-bond acceptors (Lipinski definition) is 6. The third-order valence-electron chi connectivity index (χ3n) is 4.72. The van der Waals surface area contributed by atoms with Gasteiger partial charge in [-0.1, -0.05) is 30.7 Å². The number of nitrogens with zero attached hydrogens (tertiary/aromatic N) is 3. The average molecular weight is 348 g/mol. The van der Waals surface area contributed by atoms with E-state index in [9.17, 15) is 4.79 Å². The first-order valence-corrected chi connectivity index (χ1v) is 8.90. The Hall–Kier alpha value is -3.02. The summed E-state index contributed by atoms with van der Waals surface area (Å²) in [5.41, 5.74) is 9.09. The van der Waals surface area contributed by atoms with E-state index in [-0.39, 0.29) is 12.1 Å². The molecule has 0 saturated heterocycles. The summed E-state index contributed by atoms with van der Waals surface area (Å²) in [6.07, 6.45) is 6.56. The third kappa shape index (κ3) is 3.22. The van der Waals surface area contributed by atoms with Gasteiger partial charge in [-0.15, -0.1) is 0 Å². The lowest BCUT2D eigenvalue weighted by atomic mass is 9.98. The molecule has 0 amide bonds. The van der Waals surface area contributed by atoms with Crippen LogP contribution in [0.1, 0.15) is 42.5 Å². The predicted octanol–water partition coefficient (Wildman–Crippen LogP) is 3.80. The van der Waals surface area contributed by atoms with Crippen LogP contribution in [0.5, 0.6) is 5.88 Å². The molecule has 2 aromatic heterocycles. The number of hydrogen-bond donors (Lipinski definition) is 1. The summed E-state index contributed by atoms with van der Waals surface area (Å²) in [5.74, 6) is 0.594. The Labute approximate surface area is 151 Å². The second-order valence-electron chi connectivity index (χ2n) is 6.53. The van der Waals surface area contributed by atoms with Gasteiger partial charge in [0.1, 0.15) is 6.10 Å². The van der Waals surface area contributed by atoms with Crippen LogP contribution in [0.2, 0.25) is 0 Å². The predicted molar refractivity (Wildman–Crippen MR) is 100 cm³/mol. The minimum absolute atomic E-state index is 0.133. The zero-order valence-corrected chi connectivity index (χ0v) is 14.4. The Morgan fingerprint density at radius 2 is 1.81 bits per heavy atom. The highest BCUT2D eigenvalue weighted by Crippen LogP contribution is 2.30. The van der Waals surface area contributed by atoms with Crippen molar-refractivity contribution in [3.63, 3.8) is 0 Å². The number of benzene rings is 1. The largest absolute Gasteiger partial charge is 0.473 e. The van der Waals surface area contributed by atoms with Gasteiger partial charge in [0.25, 0.3) is 0 Å². The van der Waals surface area contributed by atoms with Crippen LogP contribution >= 0.6 is 0 Å². The fourth-order valence-corrected chi connectivity index (χ4v) is 3.41. The summed E-state index contributed by atoms with van der Waals surface area (Å²) in [6, 6.07) is 11.0. The molecule has 0 bridgehead atoms. The van der Waals surface area contributed by atoms with E-state index >= 15 is 0 Å². The minimum atomic E-state index is 0.133. The topological polar surface area (TPSA) is 91.0 Å². The van der Waals surface area contributed by atoms with E-state index in [2.05, 4.69) is 9.97 Å². The molecule has 2 N–H and O–H groups in total. The Morgan fingerprint density at radius 3 is 2.62 bits per heavy atom. The summed E-state index contributed by atoms with van der Waals surface area (Å²) in [5, 5.41) is 0. The summed E-state index contributed by atoms with van der Waals surface area (Å²) >= 11 is 0. The van der Waals surface area contributed by atoms with Gasteiger partial charge in [0.15, 0.2) is 11.8 Å². The molecule has 6 nitrogen and oxygen atoms in total. The molecule has 0 atom stereocenters. The van der Waals surface area contributed by atoms with E-state index in [1.54, 1.807) is 6.07 Å². The standard InChI is InChI=1S/C20H20N4O2/c21-20-23-17-11-10-16(15-9-5-4-6-13(15)12-25)22-18(17)19(24-20)26-14-7-2-1-3-8-14/h4-6,9-12,14H,1-3,7-8H2,(H2,21,23,24). The zero-order valence-electron chi connectivity index (χ0n) is 14.4. The SMILES string of the molecule is Nc1nc(OC2CCCCC2)c2nc(-c3ccccc3C=O)ccc2n1. The molecule has 1 fully saturated rings. The van der Waals surface area contributed by atoms with Crippen LogP contribution in [-0.4, -0.2) is 27.3 Å². The number of rotatable bonds is 4. The number of nitrogens with two attached hydrogens (primary N) is 1. The van der Waals surface area contributed by atoms with E-state index in [4.69, 9.17) is 15.5 Å². The first-order chi connectivity index (χ1) is 12.7. The molecule has 132 valence electrons. The van der Waals surface area contributed by atoms with Crippen molar-refractivity contribution >= 4 is 23.3 Å². The van der Waals surface area contributed by atoms with E-state index < -0.39 is 0 Å². The van der Waals surface area contributed by atoms with Crippen molar-refractivity contribution in [2.24, 2.45) is 0 Å². The van der Waals surface area contributed by atoms with Crippen molar-refractivity contribution in [3.8, 4) is 17.1 Å². The van der Waals surface area contributed by atoms with E-state index in [0.717, 1.165) is 37.5 Å². The van der Waals surface area contributed by atoms with Crippen LogP contribution in [-0.2, 0) is 0 Å². The third-order valence-corrected chi connectivity index (χ3v) is 4.72. The molecule has 4 rings (SSSR count). The van der Waals surface area contributed by atoms with Crippen LogP contribution in [0.25, 0.3) is 22.3 Å². The molecular weight excluding hydrogens is 328 g/mol. The maximum atomic E-state index is 11.3. The van der Waals surface area contributed by atoms with Gasteiger partial charge in [0, 0.05) is 11.1 Å². The molecule has 0 unspecified atom stereocenters. The Morgan fingerprint density at radius 1 is 1.00 bits per heavy atom. The van der Waals surface area contributed by atoms with Crippen molar-refractivity contribution in [2.45, 2.75) is 38.2 Å². The van der Waals surface area contributed by atoms with Crippen LogP contribution in [0.4, 0.5) is 5.95 Å². The number of nitrogen functional groups attached to an aromatic ring is 1. The van der Waals surface area contributed by atoms with Gasteiger partial charge in [-0.25, -0.2) is 9.97 Å². The van der Waals surface area contributed by atoms with E-state index in [1.807, 2.05) is 30.3 Å². The maximum absolute atomic E-state index is 11.3. The number of anilines is 1. The Kier molecular flexibility index (Phi) is 4.48. The highest BCUT2D eigenvalue weighted by atomic mass is 16.5. The van der Waals surface area contributed by atoms with Crippen molar-refractivity contribution in [1.29, 1.82) is 0 Å². The average Bonchev–Trinajstić information content (AvgIpc) is 2.68. The number of carbonyl (C=O) groups excluding carboxylic acids is 1. The van der Waals surface area contributed by atoms with Crippen molar-refractivity contribution in [1.82, 2.24) is 15.0 Å². The lowest BCUT2D eigenvalue weighted by Crippen LogP contribution is -2.20. The number of aromatic nitrogens is 3. The minimum Gasteiger partial charge on any atom is -0.473 e. The maximum Gasteiger partial charge on any atom is 0.245 e. The van der Waals surface area contributed by atoms with Crippen LogP contribution in [0, 0.1) is 0 Å². The van der Waals surface area contributed by atoms with Gasteiger partial charge in [0.2, 0.25) is 11.8 Å². The molecule has 1 saturated carbocycles. The Balaban J connectivity index is 1.79. The van der Waals surface area contributed by atoms with Gasteiger partial charge in [0.05, 0.1) is 11.2 Å². The van der Waals surface area contributed by atoms with Gasteiger partial charge in [-0.2, -0.15) is 4.98 Å². The van der Waals surface area contributed by atoms with Crippen LogP contribution in [0.3, 0.4) is 0 Å². The molecule has 1 aromatic carbocycles. The first-order valence-electron chi connectivity index (χ1n) is 8.90. The second kappa shape index (κ2) is 7.07. The molecule has 1 aliphatic carbocycles. The molecule has 2 heterocycles. The summed E-state index contributed by atoms with van der Waals surface area (Å²) in [4.78, 5) is 24.6. The normalized spacial score (nSPS) is 15.1. The highest BCUT2D eigenvalue weighted by molar-refractivity contribution is 5.89. The number of carbonyl (C=O) groups is 1. The molecule has 3 aromatic rings. The molecule has 26 heavy (non-hydrogen) atoms. The lowest BCUT2D eigenvalue weighted by molar-refractivity contribution is 0.112. The first kappa shape index (κ1) is 16.4. The smallest absolute Gasteiger partial charge is 0.245 e. The van der Waals surface area contributed by atoms with Gasteiger partial charge in [-0.05, 0) is 37.8 Å². The number of fused-ring (bicyclic) bond motifs is 1. The molecule has 0 spiro atoms. The molecule has 0 aliphatic heterocycles. The monoisotopic (exact) mass is 348 g/mol. The lowest BCUT2D eigenvalue weighted by Gasteiger charge is -2.22. The number of ether oxygens (including phenoxy) is 1. The van der Waals surface area contributed by atoms with Gasteiger partial charge >= 0.3 is 0 Å². The number of aldehydes is 1. The molecule has 6 heteroatoms. The highest BCUT2D eigenvalue weighted by Gasteiger charge is 2.19. The van der Waals surface area contributed by atoms with E-state index in [1.165, 1.54) is 6.42 Å². The van der Waals surface area contributed by atoms with Crippen LogP contribution in [0.15, 0.2) is 36.4 Å².